The highest BCUT2D eigenvalue weighted by molar-refractivity contribution is 5.95. The van der Waals surface area contributed by atoms with Gasteiger partial charge in [-0.05, 0) is 36.8 Å². The zero-order valence-corrected chi connectivity index (χ0v) is 12.4. The molecule has 22 heavy (non-hydrogen) atoms. The van der Waals surface area contributed by atoms with Crippen molar-refractivity contribution in [3.8, 4) is 11.5 Å². The van der Waals surface area contributed by atoms with Crippen LogP contribution in [0.15, 0.2) is 42.5 Å². The largest absolute Gasteiger partial charge is 0.494 e. The number of nitrogens with one attached hydrogen (secondary N) is 2. The predicted octanol–water partition coefficient (Wildman–Crippen LogP) is 3.03. The van der Waals surface area contributed by atoms with E-state index in [9.17, 15) is 4.79 Å². The Bertz CT molecular complexity index is 668. The van der Waals surface area contributed by atoms with Gasteiger partial charge in [0.1, 0.15) is 11.5 Å². The molecule has 0 atom stereocenters. The average molecular weight is 298 g/mol. The Labute approximate surface area is 129 Å². The molecule has 0 spiro atoms. The molecular formula is C17H18N2O3. The maximum atomic E-state index is 11.2. The Morgan fingerprint density at radius 3 is 2.82 bits per heavy atom. The van der Waals surface area contributed by atoms with Gasteiger partial charge in [0.05, 0.1) is 12.3 Å². The summed E-state index contributed by atoms with van der Waals surface area (Å²) >= 11 is 0. The smallest absolute Gasteiger partial charge is 0.262 e. The molecule has 0 bridgehead atoms. The number of fused-ring (bicyclic) bond motifs is 1. The first-order valence-electron chi connectivity index (χ1n) is 7.27. The predicted molar refractivity (Wildman–Crippen MR) is 85.5 cm³/mol. The van der Waals surface area contributed by atoms with Crippen LogP contribution < -0.4 is 20.1 Å². The van der Waals surface area contributed by atoms with E-state index in [1.165, 1.54) is 0 Å². The van der Waals surface area contributed by atoms with Crippen LogP contribution in [0, 0.1) is 0 Å². The monoisotopic (exact) mass is 298 g/mol. The van der Waals surface area contributed by atoms with E-state index in [0.29, 0.717) is 24.6 Å². The van der Waals surface area contributed by atoms with Crippen LogP contribution in [0.5, 0.6) is 11.5 Å². The maximum absolute atomic E-state index is 11.2. The van der Waals surface area contributed by atoms with Gasteiger partial charge >= 0.3 is 0 Å². The van der Waals surface area contributed by atoms with Crippen LogP contribution in [-0.4, -0.2) is 19.1 Å². The fourth-order valence-corrected chi connectivity index (χ4v) is 2.26. The lowest BCUT2D eigenvalue weighted by Crippen LogP contribution is -2.25. The van der Waals surface area contributed by atoms with Crippen LogP contribution in [0.2, 0.25) is 0 Å². The molecule has 0 unspecified atom stereocenters. The summed E-state index contributed by atoms with van der Waals surface area (Å²) in [6, 6.07) is 13.6. The number of carbonyl (C=O) groups is 1. The SMILES string of the molecule is CCOc1ccc(CNc2ccc3c(c2)OCC(=O)N3)cc1. The van der Waals surface area contributed by atoms with Crippen molar-refractivity contribution in [2.24, 2.45) is 0 Å². The quantitative estimate of drug-likeness (QED) is 0.891. The summed E-state index contributed by atoms with van der Waals surface area (Å²) in [4.78, 5) is 11.2. The molecule has 1 amide bonds. The summed E-state index contributed by atoms with van der Waals surface area (Å²) in [5.74, 6) is 1.45. The number of anilines is 2. The minimum Gasteiger partial charge on any atom is -0.494 e. The van der Waals surface area contributed by atoms with Gasteiger partial charge in [0.2, 0.25) is 0 Å². The van der Waals surface area contributed by atoms with E-state index in [2.05, 4.69) is 10.6 Å². The number of hydrogen-bond acceptors (Lipinski definition) is 4. The lowest BCUT2D eigenvalue weighted by atomic mass is 10.2. The first-order chi connectivity index (χ1) is 10.7. The minimum atomic E-state index is -0.123. The Morgan fingerprint density at radius 2 is 2.05 bits per heavy atom. The normalized spacial score (nSPS) is 12.9. The van der Waals surface area contributed by atoms with Crippen LogP contribution in [0.4, 0.5) is 11.4 Å². The second kappa shape index (κ2) is 6.39. The van der Waals surface area contributed by atoms with Gasteiger partial charge in [0.15, 0.2) is 6.61 Å². The highest BCUT2D eigenvalue weighted by Gasteiger charge is 2.15. The van der Waals surface area contributed by atoms with E-state index in [-0.39, 0.29) is 12.5 Å². The number of benzene rings is 2. The fourth-order valence-electron chi connectivity index (χ4n) is 2.26. The van der Waals surface area contributed by atoms with E-state index in [1.54, 1.807) is 0 Å². The summed E-state index contributed by atoms with van der Waals surface area (Å²) in [5, 5.41) is 6.11. The van der Waals surface area contributed by atoms with Crippen LogP contribution in [0.3, 0.4) is 0 Å². The molecule has 1 heterocycles. The second-order valence-corrected chi connectivity index (χ2v) is 4.98. The molecular weight excluding hydrogens is 280 g/mol. The van der Waals surface area contributed by atoms with Crippen molar-refractivity contribution in [1.29, 1.82) is 0 Å². The summed E-state index contributed by atoms with van der Waals surface area (Å²) < 4.78 is 10.8. The van der Waals surface area contributed by atoms with E-state index < -0.39 is 0 Å². The molecule has 5 heteroatoms. The van der Waals surface area contributed by atoms with Crippen molar-refractivity contribution in [2.75, 3.05) is 23.8 Å². The Kier molecular flexibility index (Phi) is 4.14. The Balaban J connectivity index is 1.63. The van der Waals surface area contributed by atoms with Crippen LogP contribution in [0.25, 0.3) is 0 Å². The topological polar surface area (TPSA) is 59.6 Å². The third kappa shape index (κ3) is 3.31. The van der Waals surface area contributed by atoms with Gasteiger partial charge in [-0.1, -0.05) is 12.1 Å². The second-order valence-electron chi connectivity index (χ2n) is 4.98. The third-order valence-electron chi connectivity index (χ3n) is 3.35. The molecule has 3 rings (SSSR count). The average Bonchev–Trinajstić information content (AvgIpc) is 2.54. The van der Waals surface area contributed by atoms with Crippen molar-refractivity contribution in [3.05, 3.63) is 48.0 Å². The summed E-state index contributed by atoms with van der Waals surface area (Å²) in [7, 11) is 0. The van der Waals surface area contributed by atoms with E-state index in [0.717, 1.165) is 17.0 Å². The van der Waals surface area contributed by atoms with Crippen molar-refractivity contribution in [2.45, 2.75) is 13.5 Å². The van der Waals surface area contributed by atoms with E-state index >= 15 is 0 Å². The number of rotatable bonds is 5. The maximum Gasteiger partial charge on any atom is 0.262 e. The molecule has 0 aliphatic carbocycles. The molecule has 0 saturated carbocycles. The standard InChI is InChI=1S/C17H18N2O3/c1-2-21-14-6-3-12(4-7-14)10-18-13-5-8-15-16(9-13)22-11-17(20)19-15/h3-9,18H,2,10-11H2,1H3,(H,19,20). The van der Waals surface area contributed by atoms with E-state index in [1.807, 2.05) is 49.4 Å². The molecule has 1 aliphatic rings. The number of hydrogen-bond donors (Lipinski definition) is 2. The fraction of sp³-hybridized carbons (Fsp3) is 0.235. The molecule has 0 aromatic heterocycles. The molecule has 0 radical (unpaired) electrons. The first kappa shape index (κ1) is 14.3. The summed E-state index contributed by atoms with van der Waals surface area (Å²) in [6.07, 6.45) is 0. The highest BCUT2D eigenvalue weighted by atomic mass is 16.5. The minimum absolute atomic E-state index is 0.0648. The molecule has 2 aromatic carbocycles. The molecule has 2 N–H and O–H groups in total. The molecule has 0 saturated heterocycles. The summed E-state index contributed by atoms with van der Waals surface area (Å²) in [6.45, 7) is 3.41. The van der Waals surface area contributed by atoms with Crippen molar-refractivity contribution >= 4 is 17.3 Å². The molecule has 5 nitrogen and oxygen atoms in total. The van der Waals surface area contributed by atoms with Gasteiger partial charge in [-0.2, -0.15) is 0 Å². The number of carbonyl (C=O) groups excluding carboxylic acids is 1. The number of amides is 1. The van der Waals surface area contributed by atoms with E-state index in [4.69, 9.17) is 9.47 Å². The zero-order chi connectivity index (χ0) is 15.4. The van der Waals surface area contributed by atoms with Gasteiger partial charge in [0.25, 0.3) is 5.91 Å². The molecule has 114 valence electrons. The van der Waals surface area contributed by atoms with Crippen molar-refractivity contribution in [1.82, 2.24) is 0 Å². The highest BCUT2D eigenvalue weighted by Crippen LogP contribution is 2.30. The number of ether oxygens (including phenoxy) is 2. The third-order valence-corrected chi connectivity index (χ3v) is 3.35. The van der Waals surface area contributed by atoms with Gasteiger partial charge in [0, 0.05) is 18.3 Å². The van der Waals surface area contributed by atoms with Crippen molar-refractivity contribution < 1.29 is 14.3 Å². The van der Waals surface area contributed by atoms with Crippen molar-refractivity contribution in [3.63, 3.8) is 0 Å². The van der Waals surface area contributed by atoms with Gasteiger partial charge in [-0.25, -0.2) is 0 Å². The molecule has 2 aromatic rings. The molecule has 0 fully saturated rings. The lowest BCUT2D eigenvalue weighted by molar-refractivity contribution is -0.118. The Morgan fingerprint density at radius 1 is 1.23 bits per heavy atom. The van der Waals surface area contributed by atoms with Crippen LogP contribution in [-0.2, 0) is 11.3 Å². The first-order valence-corrected chi connectivity index (χ1v) is 7.27. The molecule has 1 aliphatic heterocycles. The Hall–Kier alpha value is -2.69. The zero-order valence-electron chi connectivity index (χ0n) is 12.4. The van der Waals surface area contributed by atoms with Gasteiger partial charge in [-0.3, -0.25) is 4.79 Å². The van der Waals surface area contributed by atoms with Gasteiger partial charge < -0.3 is 20.1 Å². The lowest BCUT2D eigenvalue weighted by Gasteiger charge is -2.19. The van der Waals surface area contributed by atoms with Crippen LogP contribution in [0.1, 0.15) is 12.5 Å². The van der Waals surface area contributed by atoms with Gasteiger partial charge in [-0.15, -0.1) is 0 Å². The summed E-state index contributed by atoms with van der Waals surface area (Å²) in [5.41, 5.74) is 2.82. The van der Waals surface area contributed by atoms with Crippen LogP contribution >= 0.6 is 0 Å².